The van der Waals surface area contributed by atoms with Crippen molar-refractivity contribution in [3.05, 3.63) is 90.0 Å². The van der Waals surface area contributed by atoms with Gasteiger partial charge in [-0.15, -0.1) is 0 Å². The van der Waals surface area contributed by atoms with Crippen molar-refractivity contribution in [1.29, 1.82) is 0 Å². The van der Waals surface area contributed by atoms with Gasteiger partial charge >= 0.3 is 0 Å². The Bertz CT molecular complexity index is 1100. The Morgan fingerprint density at radius 3 is 2.39 bits per heavy atom. The van der Waals surface area contributed by atoms with Crippen LogP contribution < -0.4 is 14.5 Å². The van der Waals surface area contributed by atoms with Gasteiger partial charge < -0.3 is 14.5 Å². The molecule has 0 radical (unpaired) electrons. The lowest BCUT2D eigenvalue weighted by Crippen LogP contribution is -2.47. The molecule has 1 aliphatic rings. The number of benzene rings is 3. The van der Waals surface area contributed by atoms with Gasteiger partial charge in [0.1, 0.15) is 5.75 Å². The van der Waals surface area contributed by atoms with E-state index in [9.17, 15) is 9.59 Å². The van der Waals surface area contributed by atoms with E-state index in [0.29, 0.717) is 17.7 Å². The second-order valence-corrected chi connectivity index (χ2v) is 7.79. The van der Waals surface area contributed by atoms with Gasteiger partial charge in [-0.2, -0.15) is 0 Å². The minimum atomic E-state index is -0.221. The number of ether oxygens (including phenoxy) is 1. The van der Waals surface area contributed by atoms with Crippen molar-refractivity contribution in [1.82, 2.24) is 0 Å². The third-order valence-electron chi connectivity index (χ3n) is 5.78. The van der Waals surface area contributed by atoms with Crippen molar-refractivity contribution < 1.29 is 14.3 Å². The molecule has 3 aromatic carbocycles. The van der Waals surface area contributed by atoms with E-state index in [1.807, 2.05) is 95.6 Å². The van der Waals surface area contributed by atoms with Crippen molar-refractivity contribution in [2.24, 2.45) is 0 Å². The first-order chi connectivity index (χ1) is 15.0. The number of carbonyl (C=O) groups is 2. The van der Waals surface area contributed by atoms with Gasteiger partial charge in [0.2, 0.25) is 5.91 Å². The molecule has 5 nitrogen and oxygen atoms in total. The normalized spacial score (nSPS) is 17.6. The second-order valence-electron chi connectivity index (χ2n) is 7.79. The molecule has 1 aliphatic heterocycles. The smallest absolute Gasteiger partial charge is 0.258 e. The average Bonchev–Trinajstić information content (AvgIpc) is 2.79. The lowest BCUT2D eigenvalue weighted by molar-refractivity contribution is -0.117. The lowest BCUT2D eigenvalue weighted by atomic mass is 9.89. The van der Waals surface area contributed by atoms with E-state index in [1.165, 1.54) is 0 Å². The van der Waals surface area contributed by atoms with E-state index in [2.05, 4.69) is 0 Å². The van der Waals surface area contributed by atoms with E-state index in [4.69, 9.17) is 4.74 Å². The summed E-state index contributed by atoms with van der Waals surface area (Å²) >= 11 is 0. The minimum absolute atomic E-state index is 0.000663. The van der Waals surface area contributed by atoms with E-state index >= 15 is 0 Å². The molecule has 1 heterocycles. The standard InChI is InChI=1S/C26H26N2O3/c1-18-16-25(23-14-7-8-15-24(23)27(18)19(2)29)28(21-12-9-13-22(17-21)31-3)26(30)20-10-5-4-6-11-20/h4-15,17-18,25H,16H2,1-3H3. The van der Waals surface area contributed by atoms with Crippen LogP contribution in [0.1, 0.15) is 42.2 Å². The molecule has 4 rings (SSSR count). The van der Waals surface area contributed by atoms with E-state index in [0.717, 1.165) is 16.9 Å². The van der Waals surface area contributed by atoms with E-state index in [1.54, 1.807) is 14.0 Å². The number of hydrogen-bond acceptors (Lipinski definition) is 3. The molecule has 0 saturated carbocycles. The average molecular weight is 415 g/mol. The third-order valence-corrected chi connectivity index (χ3v) is 5.78. The van der Waals surface area contributed by atoms with Crippen LogP contribution in [0, 0.1) is 0 Å². The molecule has 0 aromatic heterocycles. The van der Waals surface area contributed by atoms with Crippen LogP contribution in [0.5, 0.6) is 5.75 Å². The molecule has 0 bridgehead atoms. The molecule has 0 fully saturated rings. The predicted octanol–water partition coefficient (Wildman–Crippen LogP) is 5.23. The maximum absolute atomic E-state index is 13.8. The molecule has 31 heavy (non-hydrogen) atoms. The highest BCUT2D eigenvalue weighted by Crippen LogP contribution is 2.43. The summed E-state index contributed by atoms with van der Waals surface area (Å²) < 4.78 is 5.43. The van der Waals surface area contributed by atoms with Gasteiger partial charge in [-0.25, -0.2) is 0 Å². The molecule has 0 saturated heterocycles. The van der Waals surface area contributed by atoms with Gasteiger partial charge in [0.15, 0.2) is 0 Å². The van der Waals surface area contributed by atoms with Crippen LogP contribution in [-0.2, 0) is 4.79 Å². The summed E-state index contributed by atoms with van der Waals surface area (Å²) in [6.45, 7) is 3.61. The number of methoxy groups -OCH3 is 1. The van der Waals surface area contributed by atoms with Gasteiger partial charge in [0, 0.05) is 36.0 Å². The van der Waals surface area contributed by atoms with Crippen molar-refractivity contribution in [3.63, 3.8) is 0 Å². The minimum Gasteiger partial charge on any atom is -0.497 e. The Balaban J connectivity index is 1.88. The first kappa shape index (κ1) is 20.7. The Morgan fingerprint density at radius 2 is 1.68 bits per heavy atom. The zero-order chi connectivity index (χ0) is 22.0. The molecule has 5 heteroatoms. The summed E-state index contributed by atoms with van der Waals surface area (Å²) in [7, 11) is 1.62. The highest BCUT2D eigenvalue weighted by molar-refractivity contribution is 6.07. The summed E-state index contributed by atoms with van der Waals surface area (Å²) in [6.07, 6.45) is 0.631. The quantitative estimate of drug-likeness (QED) is 0.587. The number of hydrogen-bond donors (Lipinski definition) is 0. The zero-order valence-corrected chi connectivity index (χ0v) is 18.0. The number of anilines is 2. The first-order valence-electron chi connectivity index (χ1n) is 10.4. The fourth-order valence-electron chi connectivity index (χ4n) is 4.42. The van der Waals surface area contributed by atoms with Gasteiger partial charge in [-0.1, -0.05) is 42.5 Å². The fourth-order valence-corrected chi connectivity index (χ4v) is 4.42. The summed E-state index contributed by atoms with van der Waals surface area (Å²) in [5.41, 5.74) is 3.19. The Morgan fingerprint density at radius 1 is 0.968 bits per heavy atom. The van der Waals surface area contributed by atoms with Crippen molar-refractivity contribution in [2.75, 3.05) is 16.9 Å². The molecule has 0 spiro atoms. The molecule has 3 aromatic rings. The Labute approximate surface area is 182 Å². The van der Waals surface area contributed by atoms with Crippen molar-refractivity contribution >= 4 is 23.2 Å². The van der Waals surface area contributed by atoms with Gasteiger partial charge in [0.05, 0.1) is 13.2 Å². The number of para-hydroxylation sites is 1. The molecular formula is C26H26N2O3. The number of carbonyl (C=O) groups excluding carboxylic acids is 2. The van der Waals surface area contributed by atoms with Crippen LogP contribution in [0.15, 0.2) is 78.9 Å². The van der Waals surface area contributed by atoms with Crippen LogP contribution in [-0.4, -0.2) is 25.0 Å². The van der Waals surface area contributed by atoms with Crippen molar-refractivity contribution in [3.8, 4) is 5.75 Å². The summed E-state index contributed by atoms with van der Waals surface area (Å²) in [6, 6.07) is 24.4. The molecule has 158 valence electrons. The maximum atomic E-state index is 13.8. The largest absolute Gasteiger partial charge is 0.497 e. The van der Waals surface area contributed by atoms with E-state index < -0.39 is 0 Å². The number of rotatable bonds is 4. The third kappa shape index (κ3) is 3.91. The van der Waals surface area contributed by atoms with Crippen molar-refractivity contribution in [2.45, 2.75) is 32.4 Å². The van der Waals surface area contributed by atoms with Crippen LogP contribution in [0.25, 0.3) is 0 Å². The number of nitrogens with zero attached hydrogens (tertiary/aromatic N) is 2. The number of amides is 2. The molecule has 0 aliphatic carbocycles. The number of fused-ring (bicyclic) bond motifs is 1. The Hall–Kier alpha value is -3.60. The molecule has 2 atom stereocenters. The summed E-state index contributed by atoms with van der Waals surface area (Å²) in [5, 5.41) is 0. The van der Waals surface area contributed by atoms with Crippen LogP contribution in [0.2, 0.25) is 0 Å². The predicted molar refractivity (Wildman–Crippen MR) is 123 cm³/mol. The van der Waals surface area contributed by atoms with Gasteiger partial charge in [0.25, 0.3) is 5.91 Å². The SMILES string of the molecule is COc1cccc(N(C(=O)c2ccccc2)C2CC(C)N(C(C)=O)c3ccccc32)c1. The molecule has 2 unspecified atom stereocenters. The Kier molecular flexibility index (Phi) is 5.76. The zero-order valence-electron chi connectivity index (χ0n) is 18.0. The molecule has 0 N–H and O–H groups in total. The fraction of sp³-hybridized carbons (Fsp3) is 0.231. The van der Waals surface area contributed by atoms with Gasteiger partial charge in [-0.05, 0) is 49.2 Å². The maximum Gasteiger partial charge on any atom is 0.258 e. The van der Waals surface area contributed by atoms with Crippen LogP contribution >= 0.6 is 0 Å². The topological polar surface area (TPSA) is 49.9 Å². The highest BCUT2D eigenvalue weighted by Gasteiger charge is 2.38. The van der Waals surface area contributed by atoms with Gasteiger partial charge in [-0.3, -0.25) is 9.59 Å². The van der Waals surface area contributed by atoms with Crippen LogP contribution in [0.4, 0.5) is 11.4 Å². The first-order valence-corrected chi connectivity index (χ1v) is 10.4. The molecular weight excluding hydrogens is 388 g/mol. The van der Waals surface area contributed by atoms with Crippen LogP contribution in [0.3, 0.4) is 0 Å². The summed E-state index contributed by atoms with van der Waals surface area (Å²) in [4.78, 5) is 29.8. The monoisotopic (exact) mass is 414 g/mol. The highest BCUT2D eigenvalue weighted by atomic mass is 16.5. The molecule has 2 amide bonds. The summed E-state index contributed by atoms with van der Waals surface area (Å²) in [5.74, 6) is 0.601. The lowest BCUT2D eigenvalue weighted by Gasteiger charge is -2.43. The second kappa shape index (κ2) is 8.64. The van der Waals surface area contributed by atoms with E-state index in [-0.39, 0.29) is 23.9 Å².